The quantitative estimate of drug-likeness (QED) is 0.654. The lowest BCUT2D eigenvalue weighted by Gasteiger charge is -2.02. The lowest BCUT2D eigenvalue weighted by atomic mass is 10.1. The average Bonchev–Trinajstić information content (AvgIpc) is 2.58. The van der Waals surface area contributed by atoms with Gasteiger partial charge in [0.1, 0.15) is 11.8 Å². The van der Waals surface area contributed by atoms with Crippen molar-refractivity contribution >= 4 is 17.8 Å². The molecule has 0 amide bonds. The van der Waals surface area contributed by atoms with Crippen LogP contribution >= 0.6 is 0 Å². The molecule has 0 bridgehead atoms. The number of hydrogen-bond acceptors (Lipinski definition) is 4. The number of benzene rings is 2. The summed E-state index contributed by atoms with van der Waals surface area (Å²) < 4.78 is 5.11. The normalized spacial score (nSPS) is 10.2. The van der Waals surface area contributed by atoms with Gasteiger partial charge in [-0.2, -0.15) is 5.26 Å². The topological polar surface area (TPSA) is 87.4 Å². The third-order valence-electron chi connectivity index (χ3n) is 3.03. The summed E-state index contributed by atoms with van der Waals surface area (Å²) in [4.78, 5) is 22.8. The van der Waals surface area contributed by atoms with E-state index in [9.17, 15) is 9.59 Å². The molecule has 5 nitrogen and oxygen atoms in total. The van der Waals surface area contributed by atoms with Crippen molar-refractivity contribution in [3.63, 3.8) is 0 Å². The van der Waals surface area contributed by atoms with Gasteiger partial charge in [-0.1, -0.05) is 18.2 Å². The highest BCUT2D eigenvalue weighted by molar-refractivity contribution is 6.06. The second-order valence-electron chi connectivity index (χ2n) is 4.60. The van der Waals surface area contributed by atoms with Crippen molar-refractivity contribution in [2.75, 3.05) is 6.61 Å². The summed E-state index contributed by atoms with van der Waals surface area (Å²) in [5, 5.41) is 17.2. The lowest BCUT2D eigenvalue weighted by Crippen LogP contribution is -1.97. The molecule has 2 aromatic rings. The summed E-state index contributed by atoms with van der Waals surface area (Å²) in [6, 6.07) is 14.6. The minimum absolute atomic E-state index is 0.0421. The molecule has 0 fully saturated rings. The molecule has 0 saturated heterocycles. The Labute approximate surface area is 133 Å². The zero-order valence-corrected chi connectivity index (χ0v) is 12.1. The second kappa shape index (κ2) is 7.57. The van der Waals surface area contributed by atoms with Gasteiger partial charge in [-0.3, -0.25) is 4.79 Å². The van der Waals surface area contributed by atoms with Crippen LogP contribution in [0.1, 0.15) is 26.3 Å². The van der Waals surface area contributed by atoms with Crippen LogP contribution in [0.5, 0.6) is 5.75 Å². The molecule has 2 aromatic carbocycles. The number of aromatic carboxylic acids is 1. The van der Waals surface area contributed by atoms with Crippen molar-refractivity contribution in [1.82, 2.24) is 0 Å². The van der Waals surface area contributed by atoms with Crippen LogP contribution in [-0.4, -0.2) is 23.5 Å². The number of carboxylic acids is 1. The van der Waals surface area contributed by atoms with Crippen LogP contribution in [0.4, 0.5) is 0 Å². The molecule has 0 saturated carbocycles. The van der Waals surface area contributed by atoms with Gasteiger partial charge in [0.2, 0.25) is 0 Å². The van der Waals surface area contributed by atoms with E-state index in [-0.39, 0.29) is 18.0 Å². The SMILES string of the molecule is N#CCOc1ccc(C(=O)/C=C/c2ccc(C(=O)O)cc2)cc1. The first-order valence-electron chi connectivity index (χ1n) is 6.76. The molecule has 0 atom stereocenters. The second-order valence-corrected chi connectivity index (χ2v) is 4.60. The molecule has 0 unspecified atom stereocenters. The van der Waals surface area contributed by atoms with Gasteiger partial charge in [0.05, 0.1) is 5.56 Å². The van der Waals surface area contributed by atoms with E-state index in [2.05, 4.69) is 0 Å². The van der Waals surface area contributed by atoms with Crippen molar-refractivity contribution < 1.29 is 19.4 Å². The largest absolute Gasteiger partial charge is 0.479 e. The van der Waals surface area contributed by atoms with E-state index in [0.29, 0.717) is 11.3 Å². The van der Waals surface area contributed by atoms with Crippen LogP contribution in [0.2, 0.25) is 0 Å². The molecule has 0 aromatic heterocycles. The Hall–Kier alpha value is -3.39. The van der Waals surface area contributed by atoms with Crippen LogP contribution in [0.15, 0.2) is 54.6 Å². The summed E-state index contributed by atoms with van der Waals surface area (Å²) in [5.41, 5.74) is 1.42. The summed E-state index contributed by atoms with van der Waals surface area (Å²) in [6.45, 7) is -0.0421. The van der Waals surface area contributed by atoms with E-state index >= 15 is 0 Å². The van der Waals surface area contributed by atoms with E-state index < -0.39 is 5.97 Å². The number of carbonyl (C=O) groups excluding carboxylic acids is 1. The maximum absolute atomic E-state index is 12.0. The zero-order valence-electron chi connectivity index (χ0n) is 12.1. The molecular formula is C18H13NO4. The summed E-state index contributed by atoms with van der Waals surface area (Å²) >= 11 is 0. The first kappa shape index (κ1) is 16.0. The number of nitrogens with zero attached hydrogens (tertiary/aromatic N) is 1. The molecule has 0 aliphatic heterocycles. The van der Waals surface area contributed by atoms with Gasteiger partial charge in [-0.25, -0.2) is 4.79 Å². The number of hydrogen-bond donors (Lipinski definition) is 1. The number of carbonyl (C=O) groups is 2. The molecule has 114 valence electrons. The van der Waals surface area contributed by atoms with Crippen molar-refractivity contribution in [2.24, 2.45) is 0 Å². The van der Waals surface area contributed by atoms with E-state index in [1.807, 2.05) is 6.07 Å². The fraction of sp³-hybridized carbons (Fsp3) is 0.0556. The Morgan fingerprint density at radius 3 is 2.22 bits per heavy atom. The number of nitriles is 1. The predicted molar refractivity (Wildman–Crippen MR) is 84.3 cm³/mol. The molecule has 2 rings (SSSR count). The number of rotatable bonds is 6. The van der Waals surface area contributed by atoms with Crippen molar-refractivity contribution in [3.8, 4) is 11.8 Å². The Bertz CT molecular complexity index is 768. The van der Waals surface area contributed by atoms with E-state index in [1.165, 1.54) is 18.2 Å². The minimum atomic E-state index is -0.990. The molecular weight excluding hydrogens is 294 g/mol. The Balaban J connectivity index is 2.03. The molecule has 23 heavy (non-hydrogen) atoms. The lowest BCUT2D eigenvalue weighted by molar-refractivity contribution is 0.0696. The first-order chi connectivity index (χ1) is 11.1. The van der Waals surface area contributed by atoms with E-state index in [1.54, 1.807) is 42.5 Å². The van der Waals surface area contributed by atoms with Gasteiger partial charge >= 0.3 is 5.97 Å². The average molecular weight is 307 g/mol. The number of ether oxygens (including phenoxy) is 1. The molecule has 1 N–H and O–H groups in total. The van der Waals surface area contributed by atoms with Gasteiger partial charge in [-0.15, -0.1) is 0 Å². The summed E-state index contributed by atoms with van der Waals surface area (Å²) in [5.74, 6) is -0.647. The predicted octanol–water partition coefficient (Wildman–Crippen LogP) is 3.18. The van der Waals surface area contributed by atoms with Gasteiger partial charge in [0, 0.05) is 5.56 Å². The maximum Gasteiger partial charge on any atom is 0.335 e. The number of ketones is 1. The van der Waals surface area contributed by atoms with Crippen LogP contribution in [-0.2, 0) is 0 Å². The highest BCUT2D eigenvalue weighted by atomic mass is 16.5. The molecule has 0 aliphatic rings. The van der Waals surface area contributed by atoms with Crippen LogP contribution in [0.25, 0.3) is 6.08 Å². The van der Waals surface area contributed by atoms with Crippen molar-refractivity contribution in [2.45, 2.75) is 0 Å². The smallest absolute Gasteiger partial charge is 0.335 e. The fourth-order valence-electron chi connectivity index (χ4n) is 1.84. The first-order valence-corrected chi connectivity index (χ1v) is 6.76. The van der Waals surface area contributed by atoms with Gasteiger partial charge in [0.25, 0.3) is 0 Å². The van der Waals surface area contributed by atoms with Gasteiger partial charge in [0.15, 0.2) is 12.4 Å². The van der Waals surface area contributed by atoms with Crippen LogP contribution in [0.3, 0.4) is 0 Å². The Morgan fingerprint density at radius 2 is 1.65 bits per heavy atom. The summed E-state index contributed by atoms with van der Waals surface area (Å²) in [6.07, 6.45) is 3.04. The molecule has 0 radical (unpaired) electrons. The Morgan fingerprint density at radius 1 is 1.04 bits per heavy atom. The molecule has 0 aliphatic carbocycles. The monoisotopic (exact) mass is 307 g/mol. The third kappa shape index (κ3) is 4.55. The number of carboxylic acid groups (broad SMARTS) is 1. The van der Waals surface area contributed by atoms with Gasteiger partial charge in [-0.05, 0) is 48.0 Å². The summed E-state index contributed by atoms with van der Waals surface area (Å²) in [7, 11) is 0. The molecule has 5 heteroatoms. The number of allylic oxidation sites excluding steroid dienone is 1. The van der Waals surface area contributed by atoms with Crippen molar-refractivity contribution in [1.29, 1.82) is 5.26 Å². The fourth-order valence-corrected chi connectivity index (χ4v) is 1.84. The minimum Gasteiger partial charge on any atom is -0.479 e. The molecule has 0 heterocycles. The third-order valence-corrected chi connectivity index (χ3v) is 3.03. The maximum atomic E-state index is 12.0. The van der Waals surface area contributed by atoms with Crippen LogP contribution < -0.4 is 4.74 Å². The van der Waals surface area contributed by atoms with Gasteiger partial charge < -0.3 is 9.84 Å². The zero-order chi connectivity index (χ0) is 16.7. The Kier molecular flexibility index (Phi) is 5.26. The van der Waals surface area contributed by atoms with Crippen LogP contribution in [0, 0.1) is 11.3 Å². The van der Waals surface area contributed by atoms with E-state index in [0.717, 1.165) is 5.56 Å². The standard InChI is InChI=1S/C18H13NO4/c19-11-12-23-16-8-6-14(7-9-16)17(20)10-3-13-1-4-15(5-2-13)18(21)22/h1-10H,12H2,(H,21,22)/b10-3+. The highest BCUT2D eigenvalue weighted by Crippen LogP contribution is 2.13. The van der Waals surface area contributed by atoms with Crippen molar-refractivity contribution in [3.05, 3.63) is 71.3 Å². The van der Waals surface area contributed by atoms with E-state index in [4.69, 9.17) is 15.1 Å². The highest BCUT2D eigenvalue weighted by Gasteiger charge is 2.03. The molecule has 0 spiro atoms.